The summed E-state index contributed by atoms with van der Waals surface area (Å²) in [5.41, 5.74) is -2.70. The Morgan fingerprint density at radius 3 is 2.35 bits per heavy atom. The Bertz CT molecular complexity index is 1500. The van der Waals surface area contributed by atoms with Gasteiger partial charge >= 0.3 is 6.18 Å². The lowest BCUT2D eigenvalue weighted by atomic mass is 9.96. The van der Waals surface area contributed by atoms with Gasteiger partial charge in [-0.15, -0.1) is 0 Å². The first-order valence-corrected chi connectivity index (χ1v) is 10.1. The van der Waals surface area contributed by atoms with Crippen molar-refractivity contribution in [3.8, 4) is 16.9 Å². The molecule has 3 aromatic carbocycles. The van der Waals surface area contributed by atoms with Crippen LogP contribution >= 0.6 is 11.6 Å². The van der Waals surface area contributed by atoms with Crippen molar-refractivity contribution in [2.75, 3.05) is 5.32 Å². The van der Waals surface area contributed by atoms with Crippen molar-refractivity contribution in [3.63, 3.8) is 0 Å². The third kappa shape index (κ3) is 4.38. The highest BCUT2D eigenvalue weighted by Crippen LogP contribution is 2.41. The zero-order valence-electron chi connectivity index (χ0n) is 17.0. The van der Waals surface area contributed by atoms with Crippen molar-refractivity contribution in [2.45, 2.75) is 6.18 Å². The lowest BCUT2D eigenvalue weighted by Crippen LogP contribution is -2.27. The number of pyridine rings is 1. The second-order valence-electron chi connectivity index (χ2n) is 7.27. The molecule has 0 atom stereocenters. The van der Waals surface area contributed by atoms with E-state index in [0.29, 0.717) is 0 Å². The Balaban J connectivity index is 1.98. The van der Waals surface area contributed by atoms with Crippen molar-refractivity contribution < 1.29 is 27.9 Å². The largest absolute Gasteiger partial charge is 0.507 e. The van der Waals surface area contributed by atoms with Crippen LogP contribution in [0.15, 0.2) is 71.5 Å². The lowest BCUT2D eigenvalue weighted by Gasteiger charge is -2.16. The Morgan fingerprint density at radius 2 is 1.68 bits per heavy atom. The first-order valence-electron chi connectivity index (χ1n) is 9.73. The van der Waals surface area contributed by atoms with Gasteiger partial charge in [-0.3, -0.25) is 14.4 Å². The zero-order chi connectivity index (χ0) is 24.6. The fourth-order valence-electron chi connectivity index (χ4n) is 3.47. The molecular weight excluding hydrogens is 473 g/mol. The van der Waals surface area contributed by atoms with Gasteiger partial charge in [0.2, 0.25) is 0 Å². The fourth-order valence-corrected chi connectivity index (χ4v) is 3.64. The summed E-state index contributed by atoms with van der Waals surface area (Å²) in [5.74, 6) is -2.56. The highest BCUT2D eigenvalue weighted by Gasteiger charge is 2.31. The number of alkyl halides is 3. The number of Topliss-reactive ketones (excluding diaryl/α,β-unsaturated/α-hetero) is 1. The summed E-state index contributed by atoms with van der Waals surface area (Å²) in [5, 5.41) is 12.6. The molecule has 10 heteroatoms. The van der Waals surface area contributed by atoms with Gasteiger partial charge in [0.25, 0.3) is 17.2 Å². The number of aromatic amines is 1. The van der Waals surface area contributed by atoms with E-state index in [1.54, 1.807) is 6.07 Å². The summed E-state index contributed by atoms with van der Waals surface area (Å²) >= 11 is 6.03. The number of carbonyl (C=O) groups excluding carboxylic acids is 2. The molecule has 4 rings (SSSR count). The average Bonchev–Trinajstić information content (AvgIpc) is 2.80. The number of H-pyrrole nitrogens is 1. The summed E-state index contributed by atoms with van der Waals surface area (Å²) in [4.78, 5) is 40.5. The summed E-state index contributed by atoms with van der Waals surface area (Å²) in [6.07, 6.45) is -4.70. The number of benzene rings is 3. The van der Waals surface area contributed by atoms with E-state index in [2.05, 4.69) is 10.3 Å². The van der Waals surface area contributed by atoms with Gasteiger partial charge < -0.3 is 15.4 Å². The highest BCUT2D eigenvalue weighted by atomic mass is 35.5. The van der Waals surface area contributed by atoms with Crippen LogP contribution in [0, 0.1) is 0 Å². The van der Waals surface area contributed by atoms with Gasteiger partial charge in [0, 0.05) is 32.6 Å². The maximum Gasteiger partial charge on any atom is 0.416 e. The quantitative estimate of drug-likeness (QED) is 0.266. The minimum atomic E-state index is -4.70. The standard InChI is InChI=1S/C24H14ClF3N2O4/c25-14-7-9-18(31)16(11-14)19-15-10-13(24(26,27)28)6-8-17(15)29-22(33)20(19)30-23(34)21(32)12-4-2-1-3-5-12/h1-11,31H,(H,29,33)(H,30,34). The van der Waals surface area contributed by atoms with Crippen molar-refractivity contribution >= 4 is 39.9 Å². The minimum absolute atomic E-state index is 0.0137. The molecule has 34 heavy (non-hydrogen) atoms. The van der Waals surface area contributed by atoms with Gasteiger partial charge in [0.15, 0.2) is 0 Å². The molecule has 172 valence electrons. The van der Waals surface area contributed by atoms with Crippen LogP contribution in [0.5, 0.6) is 5.75 Å². The number of hydrogen-bond acceptors (Lipinski definition) is 4. The molecule has 4 aromatic rings. The molecule has 0 aliphatic heterocycles. The Kier molecular flexibility index (Phi) is 5.89. The summed E-state index contributed by atoms with van der Waals surface area (Å²) in [6.45, 7) is 0. The van der Waals surface area contributed by atoms with E-state index < -0.39 is 40.4 Å². The number of rotatable bonds is 4. The molecule has 3 N–H and O–H groups in total. The van der Waals surface area contributed by atoms with Crippen molar-refractivity contribution in [2.24, 2.45) is 0 Å². The monoisotopic (exact) mass is 486 g/mol. The SMILES string of the molecule is O=C(Nc1c(-c2cc(Cl)ccc2O)c2cc(C(F)(F)F)ccc2[nH]c1=O)C(=O)c1ccccc1. The molecule has 0 saturated carbocycles. The summed E-state index contributed by atoms with van der Waals surface area (Å²) < 4.78 is 40.3. The fraction of sp³-hybridized carbons (Fsp3) is 0.0417. The van der Waals surface area contributed by atoms with E-state index in [1.165, 1.54) is 42.5 Å². The van der Waals surface area contributed by atoms with Crippen LogP contribution in [0.4, 0.5) is 18.9 Å². The molecule has 1 heterocycles. The van der Waals surface area contributed by atoms with E-state index in [1.807, 2.05) is 0 Å². The maximum atomic E-state index is 13.4. The number of phenols is 1. The molecule has 1 amide bonds. The second-order valence-corrected chi connectivity index (χ2v) is 7.71. The van der Waals surface area contributed by atoms with Crippen LogP contribution in [0.1, 0.15) is 15.9 Å². The Morgan fingerprint density at radius 1 is 0.971 bits per heavy atom. The van der Waals surface area contributed by atoms with Gasteiger partial charge in [0.05, 0.1) is 5.56 Å². The molecule has 6 nitrogen and oxygen atoms in total. The molecule has 1 aromatic heterocycles. The van der Waals surface area contributed by atoms with Crippen LogP contribution in [-0.2, 0) is 11.0 Å². The number of aromatic hydroxyl groups is 1. The molecule has 0 aliphatic rings. The van der Waals surface area contributed by atoms with E-state index >= 15 is 0 Å². The Hall–Kier alpha value is -4.11. The number of phenolic OH excluding ortho intramolecular Hbond substituents is 1. The van der Waals surface area contributed by atoms with Crippen LogP contribution < -0.4 is 10.9 Å². The number of halogens is 4. The number of fused-ring (bicyclic) bond motifs is 1. The predicted octanol–water partition coefficient (Wildman–Crippen LogP) is 5.39. The first-order chi connectivity index (χ1) is 16.1. The second kappa shape index (κ2) is 8.68. The zero-order valence-corrected chi connectivity index (χ0v) is 17.8. The smallest absolute Gasteiger partial charge is 0.416 e. The number of nitrogens with one attached hydrogen (secondary N) is 2. The number of ketones is 1. The predicted molar refractivity (Wildman–Crippen MR) is 121 cm³/mol. The summed E-state index contributed by atoms with van der Waals surface area (Å²) in [6, 6.07) is 13.9. The topological polar surface area (TPSA) is 99.3 Å². The molecule has 0 radical (unpaired) electrons. The van der Waals surface area contributed by atoms with Gasteiger partial charge in [-0.2, -0.15) is 13.2 Å². The molecule has 0 unspecified atom stereocenters. The van der Waals surface area contributed by atoms with Gasteiger partial charge in [-0.1, -0.05) is 41.9 Å². The number of carbonyl (C=O) groups is 2. The van der Waals surface area contributed by atoms with E-state index in [4.69, 9.17) is 11.6 Å². The molecule has 0 saturated heterocycles. The van der Waals surface area contributed by atoms with Crippen LogP contribution in [0.2, 0.25) is 5.02 Å². The van der Waals surface area contributed by atoms with E-state index in [-0.39, 0.29) is 32.6 Å². The summed E-state index contributed by atoms with van der Waals surface area (Å²) in [7, 11) is 0. The van der Waals surface area contributed by atoms with Crippen molar-refractivity contribution in [1.82, 2.24) is 4.98 Å². The van der Waals surface area contributed by atoms with Crippen molar-refractivity contribution in [3.05, 3.63) is 93.2 Å². The van der Waals surface area contributed by atoms with E-state index in [0.717, 1.165) is 18.2 Å². The van der Waals surface area contributed by atoms with Gasteiger partial charge in [-0.25, -0.2) is 0 Å². The maximum absolute atomic E-state index is 13.4. The number of amides is 1. The molecule has 0 fully saturated rings. The molecular formula is C24H14ClF3N2O4. The van der Waals surface area contributed by atoms with Crippen LogP contribution in [-0.4, -0.2) is 21.8 Å². The molecule has 0 spiro atoms. The number of anilines is 1. The lowest BCUT2D eigenvalue weighted by molar-refractivity contribution is -0.137. The normalized spacial score (nSPS) is 11.4. The van der Waals surface area contributed by atoms with Gasteiger partial charge in [-0.05, 0) is 36.4 Å². The first kappa shape index (κ1) is 23.1. The Labute approximate surface area is 194 Å². The van der Waals surface area contributed by atoms with Crippen molar-refractivity contribution in [1.29, 1.82) is 0 Å². The minimum Gasteiger partial charge on any atom is -0.507 e. The average molecular weight is 487 g/mol. The number of hydrogen-bond donors (Lipinski definition) is 3. The van der Waals surface area contributed by atoms with Gasteiger partial charge in [0.1, 0.15) is 11.4 Å². The highest BCUT2D eigenvalue weighted by molar-refractivity contribution is 6.46. The third-order valence-corrected chi connectivity index (χ3v) is 5.29. The number of aromatic nitrogens is 1. The third-order valence-electron chi connectivity index (χ3n) is 5.05. The van der Waals surface area contributed by atoms with Crippen LogP contribution in [0.25, 0.3) is 22.0 Å². The molecule has 0 aliphatic carbocycles. The van der Waals surface area contributed by atoms with Crippen LogP contribution in [0.3, 0.4) is 0 Å². The van der Waals surface area contributed by atoms with E-state index in [9.17, 15) is 32.7 Å². The molecule has 0 bridgehead atoms.